The first-order valence-electron chi connectivity index (χ1n) is 7.07. The number of H-pyrrole nitrogens is 1. The molecule has 1 aliphatic heterocycles. The van der Waals surface area contributed by atoms with Gasteiger partial charge in [0.2, 0.25) is 11.9 Å². The molecule has 4 rings (SSSR count). The predicted octanol–water partition coefficient (Wildman–Crippen LogP) is 0.834. The van der Waals surface area contributed by atoms with E-state index in [4.69, 9.17) is 15.5 Å². The second kappa shape index (κ2) is 5.23. The molecular weight excluding hydrogens is 282 g/mol. The SMILES string of the molecule is Nc1ncc(-c2nc(N3CCOCC3)nc3[nH]ccc23)cn1. The molecule has 0 spiro atoms. The topological polar surface area (TPSA) is 106 Å². The van der Waals surface area contributed by atoms with Gasteiger partial charge in [0.25, 0.3) is 0 Å². The van der Waals surface area contributed by atoms with Gasteiger partial charge in [0, 0.05) is 42.6 Å². The van der Waals surface area contributed by atoms with Gasteiger partial charge < -0.3 is 20.4 Å². The maximum Gasteiger partial charge on any atom is 0.228 e. The summed E-state index contributed by atoms with van der Waals surface area (Å²) < 4.78 is 5.38. The molecule has 0 saturated carbocycles. The van der Waals surface area contributed by atoms with Gasteiger partial charge in [-0.05, 0) is 6.07 Å². The molecule has 22 heavy (non-hydrogen) atoms. The Morgan fingerprint density at radius 2 is 1.91 bits per heavy atom. The fourth-order valence-electron chi connectivity index (χ4n) is 2.51. The molecule has 0 radical (unpaired) electrons. The van der Waals surface area contributed by atoms with Crippen LogP contribution in [0.3, 0.4) is 0 Å². The van der Waals surface area contributed by atoms with E-state index in [1.165, 1.54) is 0 Å². The van der Waals surface area contributed by atoms with Crippen molar-refractivity contribution in [3.05, 3.63) is 24.7 Å². The summed E-state index contributed by atoms with van der Waals surface area (Å²) >= 11 is 0. The Morgan fingerprint density at radius 3 is 2.68 bits per heavy atom. The lowest BCUT2D eigenvalue weighted by molar-refractivity contribution is 0.122. The molecule has 0 unspecified atom stereocenters. The molecule has 0 bridgehead atoms. The van der Waals surface area contributed by atoms with E-state index in [2.05, 4.69) is 24.8 Å². The van der Waals surface area contributed by atoms with Crippen molar-refractivity contribution in [1.82, 2.24) is 24.9 Å². The molecule has 3 aromatic rings. The van der Waals surface area contributed by atoms with Crippen LogP contribution < -0.4 is 10.6 Å². The Bertz CT molecular complexity index is 793. The average Bonchev–Trinajstić information content (AvgIpc) is 3.04. The molecule has 3 aromatic heterocycles. The van der Waals surface area contributed by atoms with Crippen molar-refractivity contribution in [1.29, 1.82) is 0 Å². The summed E-state index contributed by atoms with van der Waals surface area (Å²) in [5, 5.41) is 0.936. The second-order valence-corrected chi connectivity index (χ2v) is 5.04. The van der Waals surface area contributed by atoms with E-state index >= 15 is 0 Å². The Labute approximate surface area is 126 Å². The van der Waals surface area contributed by atoms with E-state index in [1.807, 2.05) is 12.3 Å². The van der Waals surface area contributed by atoms with Gasteiger partial charge in [-0.2, -0.15) is 4.98 Å². The number of fused-ring (bicyclic) bond motifs is 1. The van der Waals surface area contributed by atoms with Crippen molar-refractivity contribution in [2.45, 2.75) is 0 Å². The molecule has 0 aromatic carbocycles. The fourth-order valence-corrected chi connectivity index (χ4v) is 2.51. The highest BCUT2D eigenvalue weighted by Crippen LogP contribution is 2.27. The van der Waals surface area contributed by atoms with Crippen molar-refractivity contribution in [2.75, 3.05) is 36.9 Å². The van der Waals surface area contributed by atoms with Crippen LogP contribution in [0.25, 0.3) is 22.3 Å². The lowest BCUT2D eigenvalue weighted by atomic mass is 10.2. The zero-order valence-corrected chi connectivity index (χ0v) is 11.9. The van der Waals surface area contributed by atoms with Crippen molar-refractivity contribution in [2.24, 2.45) is 0 Å². The summed E-state index contributed by atoms with van der Waals surface area (Å²) in [6.07, 6.45) is 5.21. The number of nitrogen functional groups attached to an aromatic ring is 1. The maximum absolute atomic E-state index is 5.56. The number of anilines is 2. The molecule has 0 amide bonds. The minimum Gasteiger partial charge on any atom is -0.378 e. The van der Waals surface area contributed by atoms with Gasteiger partial charge in [0.15, 0.2) is 0 Å². The average molecular weight is 297 g/mol. The summed E-state index contributed by atoms with van der Waals surface area (Å²) in [4.78, 5) is 22.7. The van der Waals surface area contributed by atoms with Crippen molar-refractivity contribution < 1.29 is 4.74 Å². The first-order chi connectivity index (χ1) is 10.8. The molecule has 4 heterocycles. The number of aromatic nitrogens is 5. The smallest absolute Gasteiger partial charge is 0.228 e. The lowest BCUT2D eigenvalue weighted by Gasteiger charge is -2.27. The Balaban J connectivity index is 1.85. The van der Waals surface area contributed by atoms with Crippen LogP contribution in [0.15, 0.2) is 24.7 Å². The Hall–Kier alpha value is -2.74. The summed E-state index contributed by atoms with van der Waals surface area (Å²) in [5.74, 6) is 0.932. The number of ether oxygens (including phenoxy) is 1. The van der Waals surface area contributed by atoms with E-state index in [-0.39, 0.29) is 5.95 Å². The fraction of sp³-hybridized carbons (Fsp3) is 0.286. The van der Waals surface area contributed by atoms with Gasteiger partial charge in [-0.15, -0.1) is 0 Å². The van der Waals surface area contributed by atoms with Gasteiger partial charge in [0.1, 0.15) is 5.65 Å². The number of nitrogens with one attached hydrogen (secondary N) is 1. The summed E-state index contributed by atoms with van der Waals surface area (Å²) in [6, 6.07) is 1.95. The van der Waals surface area contributed by atoms with Crippen LogP contribution in [0.5, 0.6) is 0 Å². The zero-order valence-electron chi connectivity index (χ0n) is 11.9. The quantitative estimate of drug-likeness (QED) is 0.721. The number of rotatable bonds is 2. The molecule has 1 fully saturated rings. The van der Waals surface area contributed by atoms with Crippen LogP contribution in [0, 0.1) is 0 Å². The molecule has 3 N–H and O–H groups in total. The molecular formula is C14H15N7O. The second-order valence-electron chi connectivity index (χ2n) is 5.04. The van der Waals surface area contributed by atoms with E-state index in [1.54, 1.807) is 12.4 Å². The van der Waals surface area contributed by atoms with Crippen molar-refractivity contribution in [3.63, 3.8) is 0 Å². The van der Waals surface area contributed by atoms with Crippen LogP contribution in [-0.4, -0.2) is 51.2 Å². The normalized spacial score (nSPS) is 15.4. The van der Waals surface area contributed by atoms with Crippen LogP contribution in [0.1, 0.15) is 0 Å². The third-order valence-electron chi connectivity index (χ3n) is 3.64. The Morgan fingerprint density at radius 1 is 1.14 bits per heavy atom. The first kappa shape index (κ1) is 13.0. The van der Waals surface area contributed by atoms with E-state index in [9.17, 15) is 0 Å². The van der Waals surface area contributed by atoms with Crippen LogP contribution in [0.2, 0.25) is 0 Å². The largest absolute Gasteiger partial charge is 0.378 e. The van der Waals surface area contributed by atoms with Crippen LogP contribution >= 0.6 is 0 Å². The molecule has 0 atom stereocenters. The van der Waals surface area contributed by atoms with Gasteiger partial charge in [0.05, 0.1) is 18.9 Å². The maximum atomic E-state index is 5.56. The molecule has 8 nitrogen and oxygen atoms in total. The van der Waals surface area contributed by atoms with Crippen molar-refractivity contribution >= 4 is 22.9 Å². The van der Waals surface area contributed by atoms with E-state index in [0.717, 1.165) is 35.4 Å². The minimum absolute atomic E-state index is 0.247. The molecule has 8 heteroatoms. The lowest BCUT2D eigenvalue weighted by Crippen LogP contribution is -2.37. The standard InChI is InChI=1S/C14H15N7O/c15-13-17-7-9(8-18-13)11-10-1-2-16-12(10)20-14(19-11)21-3-5-22-6-4-21/h1-2,7-8H,3-6H2,(H2,15,17,18)(H,16,19,20). The highest BCUT2D eigenvalue weighted by Gasteiger charge is 2.18. The van der Waals surface area contributed by atoms with E-state index in [0.29, 0.717) is 19.2 Å². The summed E-state index contributed by atoms with van der Waals surface area (Å²) in [7, 11) is 0. The number of nitrogens with zero attached hydrogens (tertiary/aromatic N) is 5. The van der Waals surface area contributed by atoms with Gasteiger partial charge >= 0.3 is 0 Å². The number of nitrogens with two attached hydrogens (primary N) is 1. The predicted molar refractivity (Wildman–Crippen MR) is 82.4 cm³/mol. The number of hydrogen-bond donors (Lipinski definition) is 2. The Kier molecular flexibility index (Phi) is 3.08. The number of morpholine rings is 1. The number of hydrogen-bond acceptors (Lipinski definition) is 7. The number of aromatic amines is 1. The van der Waals surface area contributed by atoms with Crippen LogP contribution in [-0.2, 0) is 4.74 Å². The third-order valence-corrected chi connectivity index (χ3v) is 3.64. The highest BCUT2D eigenvalue weighted by atomic mass is 16.5. The summed E-state index contributed by atoms with van der Waals surface area (Å²) in [6.45, 7) is 2.94. The van der Waals surface area contributed by atoms with Gasteiger partial charge in [-0.1, -0.05) is 0 Å². The first-order valence-corrected chi connectivity index (χ1v) is 7.07. The molecule has 112 valence electrons. The van der Waals surface area contributed by atoms with E-state index < -0.39 is 0 Å². The highest BCUT2D eigenvalue weighted by molar-refractivity contribution is 5.91. The molecule has 0 aliphatic carbocycles. The molecule has 1 saturated heterocycles. The zero-order chi connectivity index (χ0) is 14.9. The summed E-state index contributed by atoms with van der Waals surface area (Å²) in [5.41, 5.74) is 7.97. The minimum atomic E-state index is 0.247. The third kappa shape index (κ3) is 2.23. The van der Waals surface area contributed by atoms with Crippen LogP contribution in [0.4, 0.5) is 11.9 Å². The monoisotopic (exact) mass is 297 g/mol. The molecule has 1 aliphatic rings. The van der Waals surface area contributed by atoms with Gasteiger partial charge in [-0.25, -0.2) is 15.0 Å². The van der Waals surface area contributed by atoms with Gasteiger partial charge in [-0.3, -0.25) is 0 Å². The van der Waals surface area contributed by atoms with Crippen molar-refractivity contribution in [3.8, 4) is 11.3 Å².